The number of nitrogens with zero attached hydrogens (tertiary/aromatic N) is 1. The zero-order valence-corrected chi connectivity index (χ0v) is 9.55. The van der Waals surface area contributed by atoms with E-state index in [4.69, 9.17) is 11.6 Å². The Morgan fingerprint density at radius 3 is 2.67 bits per heavy atom. The molecule has 0 aromatic heterocycles. The van der Waals surface area contributed by atoms with E-state index < -0.39 is 0 Å². The molecule has 0 saturated heterocycles. The van der Waals surface area contributed by atoms with Gasteiger partial charge in [0.15, 0.2) is 0 Å². The van der Waals surface area contributed by atoms with Crippen LogP contribution < -0.4 is 5.32 Å². The van der Waals surface area contributed by atoms with Crippen LogP contribution in [0.25, 0.3) is 0 Å². The molecule has 4 nitrogen and oxygen atoms in total. The fourth-order valence-corrected chi connectivity index (χ4v) is 1.26. The summed E-state index contributed by atoms with van der Waals surface area (Å²) in [5.74, 6) is 0.501. The number of nitro groups is 1. The average Bonchev–Trinajstić information content (AvgIpc) is 2.19. The summed E-state index contributed by atoms with van der Waals surface area (Å²) in [4.78, 5) is 10.2. The summed E-state index contributed by atoms with van der Waals surface area (Å²) in [7, 11) is 0. The number of alkyl halides is 1. The Morgan fingerprint density at radius 2 is 2.07 bits per heavy atom. The first-order valence-electron chi connectivity index (χ1n) is 4.24. The van der Waals surface area contributed by atoms with Gasteiger partial charge in [-0.1, -0.05) is 18.2 Å². The number of benzene rings is 1. The minimum Gasteiger partial charge on any atom is -0.311 e. The summed E-state index contributed by atoms with van der Waals surface area (Å²) in [6, 6.07) is 6.67. The molecule has 1 aromatic carbocycles. The van der Waals surface area contributed by atoms with E-state index >= 15 is 0 Å². The summed E-state index contributed by atoms with van der Waals surface area (Å²) in [6.45, 7) is 1.12. The van der Waals surface area contributed by atoms with Crippen LogP contribution >= 0.6 is 24.0 Å². The third-order valence-corrected chi connectivity index (χ3v) is 1.96. The van der Waals surface area contributed by atoms with Crippen molar-refractivity contribution in [3.63, 3.8) is 0 Å². The van der Waals surface area contributed by atoms with E-state index in [1.54, 1.807) is 18.2 Å². The molecule has 0 aliphatic carbocycles. The Balaban J connectivity index is 0.00000196. The van der Waals surface area contributed by atoms with Crippen molar-refractivity contribution < 1.29 is 4.92 Å². The maximum absolute atomic E-state index is 10.6. The number of nitrogens with one attached hydrogen (secondary N) is 1. The van der Waals surface area contributed by atoms with Gasteiger partial charge in [0.2, 0.25) is 0 Å². The molecule has 15 heavy (non-hydrogen) atoms. The number of hydrogen-bond donors (Lipinski definition) is 1. The molecule has 0 unspecified atom stereocenters. The maximum atomic E-state index is 10.6. The van der Waals surface area contributed by atoms with Gasteiger partial charge in [-0.3, -0.25) is 10.1 Å². The van der Waals surface area contributed by atoms with Gasteiger partial charge in [-0.15, -0.1) is 24.0 Å². The van der Waals surface area contributed by atoms with Crippen molar-refractivity contribution >= 4 is 29.7 Å². The second-order valence-corrected chi connectivity index (χ2v) is 3.13. The lowest BCUT2D eigenvalue weighted by Gasteiger charge is -2.03. The Labute approximate surface area is 99.2 Å². The van der Waals surface area contributed by atoms with E-state index in [1.807, 2.05) is 0 Å². The van der Waals surface area contributed by atoms with E-state index in [9.17, 15) is 10.1 Å². The van der Waals surface area contributed by atoms with Crippen molar-refractivity contribution in [1.29, 1.82) is 0 Å². The van der Waals surface area contributed by atoms with Crippen LogP contribution in [0.1, 0.15) is 5.56 Å². The van der Waals surface area contributed by atoms with Crippen LogP contribution in [0.2, 0.25) is 0 Å². The molecular weight excluding hydrogens is 239 g/mol. The average molecular weight is 251 g/mol. The molecule has 0 aliphatic rings. The molecule has 0 saturated carbocycles. The monoisotopic (exact) mass is 250 g/mol. The fourth-order valence-electron chi connectivity index (χ4n) is 1.13. The van der Waals surface area contributed by atoms with Gasteiger partial charge in [-0.05, 0) is 0 Å². The van der Waals surface area contributed by atoms with Gasteiger partial charge >= 0.3 is 0 Å². The normalized spacial score (nSPS) is 9.40. The minimum absolute atomic E-state index is 0. The molecule has 0 radical (unpaired) electrons. The van der Waals surface area contributed by atoms with Crippen molar-refractivity contribution in [3.05, 3.63) is 39.9 Å². The first-order chi connectivity index (χ1) is 6.75. The Hall–Kier alpha value is -0.840. The smallest absolute Gasteiger partial charge is 0.273 e. The molecular formula is C9H12Cl2N2O2. The van der Waals surface area contributed by atoms with Gasteiger partial charge < -0.3 is 5.32 Å². The molecule has 84 valence electrons. The van der Waals surface area contributed by atoms with Crippen LogP contribution in [0, 0.1) is 10.1 Å². The summed E-state index contributed by atoms with van der Waals surface area (Å²) in [5.41, 5.74) is 0.831. The van der Waals surface area contributed by atoms with E-state index in [0.717, 1.165) is 0 Å². The van der Waals surface area contributed by atoms with Crippen molar-refractivity contribution in [2.24, 2.45) is 0 Å². The van der Waals surface area contributed by atoms with Crippen LogP contribution in [0.3, 0.4) is 0 Å². The minimum atomic E-state index is -0.377. The first-order valence-corrected chi connectivity index (χ1v) is 4.78. The van der Waals surface area contributed by atoms with Crippen LogP contribution in [-0.4, -0.2) is 17.3 Å². The van der Waals surface area contributed by atoms with Crippen LogP contribution in [0.5, 0.6) is 0 Å². The van der Waals surface area contributed by atoms with Crippen molar-refractivity contribution in [2.45, 2.75) is 6.54 Å². The highest BCUT2D eigenvalue weighted by Crippen LogP contribution is 2.16. The molecule has 0 heterocycles. The predicted molar refractivity (Wildman–Crippen MR) is 62.8 cm³/mol. The molecule has 1 aromatic rings. The summed E-state index contributed by atoms with van der Waals surface area (Å²) in [5, 5.41) is 13.6. The standard InChI is InChI=1S/C9H11ClN2O2.ClH/c10-5-6-11-7-8-3-1-2-4-9(8)12(13)14;/h1-4,11H,5-7H2;1H. The summed E-state index contributed by atoms with van der Waals surface area (Å²) < 4.78 is 0. The Morgan fingerprint density at radius 1 is 1.40 bits per heavy atom. The Bertz CT molecular complexity index is 321. The molecule has 1 N–H and O–H groups in total. The summed E-state index contributed by atoms with van der Waals surface area (Å²) >= 11 is 5.47. The van der Waals surface area contributed by atoms with Gasteiger partial charge in [0.1, 0.15) is 0 Å². The van der Waals surface area contributed by atoms with Gasteiger partial charge in [-0.2, -0.15) is 0 Å². The summed E-state index contributed by atoms with van der Waals surface area (Å²) in [6.07, 6.45) is 0. The van der Waals surface area contributed by atoms with Crippen LogP contribution in [0.4, 0.5) is 5.69 Å². The quantitative estimate of drug-likeness (QED) is 0.378. The maximum Gasteiger partial charge on any atom is 0.273 e. The van der Waals surface area contributed by atoms with E-state index in [-0.39, 0.29) is 23.0 Å². The molecule has 0 atom stereocenters. The molecule has 0 aliphatic heterocycles. The van der Waals surface area contributed by atoms with Gasteiger partial charge in [0, 0.05) is 30.6 Å². The lowest BCUT2D eigenvalue weighted by atomic mass is 10.2. The fraction of sp³-hybridized carbons (Fsp3) is 0.333. The highest BCUT2D eigenvalue weighted by atomic mass is 35.5. The predicted octanol–water partition coefficient (Wildman–Crippen LogP) is 2.34. The number of para-hydroxylation sites is 1. The lowest BCUT2D eigenvalue weighted by molar-refractivity contribution is -0.385. The number of hydrogen-bond acceptors (Lipinski definition) is 3. The largest absolute Gasteiger partial charge is 0.311 e. The highest BCUT2D eigenvalue weighted by Gasteiger charge is 2.10. The van der Waals surface area contributed by atoms with Crippen LogP contribution in [-0.2, 0) is 6.54 Å². The van der Waals surface area contributed by atoms with E-state index in [2.05, 4.69) is 5.32 Å². The second kappa shape index (κ2) is 7.45. The molecule has 0 amide bonds. The van der Waals surface area contributed by atoms with E-state index in [0.29, 0.717) is 24.5 Å². The molecule has 0 bridgehead atoms. The second-order valence-electron chi connectivity index (χ2n) is 2.75. The number of halogens is 2. The zero-order valence-electron chi connectivity index (χ0n) is 7.98. The van der Waals surface area contributed by atoms with Gasteiger partial charge in [0.05, 0.1) is 4.92 Å². The van der Waals surface area contributed by atoms with E-state index in [1.165, 1.54) is 6.07 Å². The van der Waals surface area contributed by atoms with Gasteiger partial charge in [0.25, 0.3) is 5.69 Å². The van der Waals surface area contributed by atoms with Crippen molar-refractivity contribution in [1.82, 2.24) is 5.32 Å². The SMILES string of the molecule is Cl.O=[N+]([O-])c1ccccc1CNCCCl. The lowest BCUT2D eigenvalue weighted by Crippen LogP contribution is -2.16. The van der Waals surface area contributed by atoms with Crippen molar-refractivity contribution in [2.75, 3.05) is 12.4 Å². The molecule has 0 fully saturated rings. The molecule has 6 heteroatoms. The van der Waals surface area contributed by atoms with Crippen molar-refractivity contribution in [3.8, 4) is 0 Å². The number of nitro benzene ring substituents is 1. The third kappa shape index (κ3) is 4.46. The van der Waals surface area contributed by atoms with Crippen LogP contribution in [0.15, 0.2) is 24.3 Å². The highest BCUT2D eigenvalue weighted by molar-refractivity contribution is 6.18. The Kier molecular flexibility index (Phi) is 7.03. The molecule has 1 rings (SSSR count). The molecule has 0 spiro atoms. The van der Waals surface area contributed by atoms with Gasteiger partial charge in [-0.25, -0.2) is 0 Å². The zero-order chi connectivity index (χ0) is 10.4. The number of rotatable bonds is 5. The first kappa shape index (κ1) is 14.2. The topological polar surface area (TPSA) is 55.2 Å². The third-order valence-electron chi connectivity index (χ3n) is 1.78.